The molecule has 16 heteroatoms. The zero-order valence-electron chi connectivity index (χ0n) is 26.2. The Morgan fingerprint density at radius 3 is 2.71 bits per heavy atom. The highest BCUT2D eigenvalue weighted by atomic mass is 16.7. The van der Waals surface area contributed by atoms with Gasteiger partial charge in [0.25, 0.3) is 0 Å². The van der Waals surface area contributed by atoms with Crippen molar-refractivity contribution in [3.05, 3.63) is 64.5 Å². The first-order valence-corrected chi connectivity index (χ1v) is 15.6. The van der Waals surface area contributed by atoms with Gasteiger partial charge in [0.1, 0.15) is 80.0 Å². The number of aliphatic hydroxyl groups is 4. The Bertz CT molecular complexity index is 1740. The van der Waals surface area contributed by atoms with Crippen LogP contribution in [0, 0.1) is 0 Å². The monoisotopic (exact) mass is 683 g/mol. The molecule has 0 radical (unpaired) electrons. The van der Waals surface area contributed by atoms with E-state index in [1.54, 1.807) is 24.4 Å². The summed E-state index contributed by atoms with van der Waals surface area (Å²) in [6.07, 6.45) is -3.53. The van der Waals surface area contributed by atoms with Gasteiger partial charge in [-0.1, -0.05) is 6.07 Å². The minimum atomic E-state index is -1.73. The van der Waals surface area contributed by atoms with Gasteiger partial charge in [0.2, 0.25) is 12.0 Å². The second-order valence-corrected chi connectivity index (χ2v) is 12.1. The molecule has 5 heterocycles. The first kappa shape index (κ1) is 32.8. The lowest BCUT2D eigenvalue weighted by Crippen LogP contribution is -3.04. The molecule has 260 valence electrons. The standard InChI is InChI=1S/C33H34N2O14/c1-43-32-21(46-14-36)3-2-18-19-12-44-22-7-17(47-33-29(42)28(41)27(40)23(48-33)13-45-25(39)8-24(37)38)6-16(26(22)30(19)49-31(18)32)10-35-9-15-4-5-34-20(15)11-35/h2-7,11,19,23,27-30,33,36,40-42H,8-10,12-14H2,1H3,(H,37,38)/p+1. The van der Waals surface area contributed by atoms with Crippen LogP contribution in [0.4, 0.5) is 0 Å². The molecule has 16 nitrogen and oxygen atoms in total. The largest absolute Gasteiger partial charge is 0.492 e. The molecule has 0 spiro atoms. The number of esters is 1. The third-order valence-electron chi connectivity index (χ3n) is 9.06. The lowest BCUT2D eigenvalue weighted by Gasteiger charge is -2.40. The van der Waals surface area contributed by atoms with Crippen LogP contribution in [0.15, 0.2) is 52.8 Å². The Hall–Kier alpha value is -4.71. The number of aliphatic imine (C=N–C) groups is 1. The van der Waals surface area contributed by atoms with Crippen molar-refractivity contribution in [2.75, 3.05) is 33.7 Å². The minimum absolute atomic E-state index is 0.201. The highest BCUT2D eigenvalue weighted by molar-refractivity contribution is 5.90. The summed E-state index contributed by atoms with van der Waals surface area (Å²) >= 11 is 0. The molecule has 1 saturated heterocycles. The lowest BCUT2D eigenvalue weighted by molar-refractivity contribution is -0.851. The number of nitrogens with zero attached hydrogens (tertiary/aromatic N) is 1. The highest BCUT2D eigenvalue weighted by Crippen LogP contribution is 2.57. The van der Waals surface area contributed by atoms with Crippen LogP contribution in [-0.2, 0) is 25.6 Å². The van der Waals surface area contributed by atoms with Crippen molar-refractivity contribution in [1.29, 1.82) is 0 Å². The second-order valence-electron chi connectivity index (χ2n) is 12.1. The van der Waals surface area contributed by atoms with Crippen molar-refractivity contribution < 1.29 is 73.2 Å². The van der Waals surface area contributed by atoms with E-state index in [1.165, 1.54) is 7.11 Å². The molecule has 0 bridgehead atoms. The first-order valence-electron chi connectivity index (χ1n) is 15.6. The minimum Gasteiger partial charge on any atom is -0.492 e. The summed E-state index contributed by atoms with van der Waals surface area (Å²) in [7, 11) is 1.49. The molecule has 7 rings (SSSR count). The molecule has 0 amide bonds. The summed E-state index contributed by atoms with van der Waals surface area (Å²) in [4.78, 5) is 28.1. The summed E-state index contributed by atoms with van der Waals surface area (Å²) < 4.78 is 40.5. The van der Waals surface area contributed by atoms with Crippen molar-refractivity contribution in [3.8, 4) is 28.7 Å². The number of rotatable bonds is 11. The van der Waals surface area contributed by atoms with E-state index in [2.05, 4.69) is 4.99 Å². The molecule has 49 heavy (non-hydrogen) atoms. The van der Waals surface area contributed by atoms with Gasteiger partial charge in [0.15, 0.2) is 18.3 Å². The molecular formula is C33H35N2O14+. The number of hydrogen-bond acceptors (Lipinski definition) is 14. The number of ether oxygens (including phenoxy) is 7. The topological polar surface area (TPSA) is 217 Å². The van der Waals surface area contributed by atoms with E-state index in [0.717, 1.165) is 32.9 Å². The Kier molecular flexibility index (Phi) is 8.91. The van der Waals surface area contributed by atoms with Crippen molar-refractivity contribution >= 4 is 18.2 Å². The van der Waals surface area contributed by atoms with Gasteiger partial charge in [-0.05, 0) is 18.2 Å². The Morgan fingerprint density at radius 1 is 1.12 bits per heavy atom. The summed E-state index contributed by atoms with van der Waals surface area (Å²) in [5, 5.41) is 50.0. The van der Waals surface area contributed by atoms with E-state index < -0.39 is 68.6 Å². The maximum Gasteiger partial charge on any atom is 0.317 e. The van der Waals surface area contributed by atoms with Gasteiger partial charge in [-0.3, -0.25) is 19.5 Å². The third kappa shape index (κ3) is 6.18. The number of nitrogens with one attached hydrogen (secondary N) is 1. The number of carbonyl (C=O) groups excluding carboxylic acids is 1. The molecule has 2 aromatic carbocycles. The van der Waals surface area contributed by atoms with E-state index in [0.29, 0.717) is 36.1 Å². The van der Waals surface area contributed by atoms with Crippen LogP contribution >= 0.6 is 0 Å². The van der Waals surface area contributed by atoms with Crippen LogP contribution in [0.25, 0.3) is 0 Å². The van der Waals surface area contributed by atoms with Crippen LogP contribution in [-0.4, -0.2) is 108 Å². The fourth-order valence-corrected chi connectivity index (χ4v) is 6.79. The van der Waals surface area contributed by atoms with Crippen molar-refractivity contribution in [2.45, 2.75) is 55.7 Å². The fraction of sp³-hybridized carbons (Fsp3) is 0.424. The Balaban J connectivity index is 1.19. The molecule has 5 aliphatic rings. The molecule has 8 atom stereocenters. The van der Waals surface area contributed by atoms with E-state index >= 15 is 0 Å². The molecule has 0 aliphatic carbocycles. The van der Waals surface area contributed by atoms with Crippen LogP contribution in [0.3, 0.4) is 0 Å². The second kappa shape index (κ2) is 13.3. The fourth-order valence-electron chi connectivity index (χ4n) is 6.79. The Morgan fingerprint density at radius 2 is 1.96 bits per heavy atom. The van der Waals surface area contributed by atoms with Crippen molar-refractivity contribution in [3.63, 3.8) is 0 Å². The van der Waals surface area contributed by atoms with E-state index in [9.17, 15) is 30.0 Å². The predicted molar refractivity (Wildman–Crippen MR) is 163 cm³/mol. The van der Waals surface area contributed by atoms with Gasteiger partial charge in [-0.25, -0.2) is 0 Å². The number of benzene rings is 2. The smallest absolute Gasteiger partial charge is 0.317 e. The highest BCUT2D eigenvalue weighted by Gasteiger charge is 2.47. The number of quaternary nitrogens is 1. The number of carboxylic acids is 1. The molecule has 2 aromatic rings. The molecule has 5 aliphatic heterocycles. The number of allylic oxidation sites excluding steroid dienone is 1. The number of carbonyl (C=O) groups is 2. The molecular weight excluding hydrogens is 648 g/mol. The Labute approximate surface area is 278 Å². The van der Waals surface area contributed by atoms with Crippen LogP contribution in [0.5, 0.6) is 28.7 Å². The summed E-state index contributed by atoms with van der Waals surface area (Å²) in [6.45, 7) is 0.279. The van der Waals surface area contributed by atoms with Gasteiger partial charge >= 0.3 is 11.9 Å². The van der Waals surface area contributed by atoms with Crippen LogP contribution < -0.4 is 28.6 Å². The lowest BCUT2D eigenvalue weighted by atomic mass is 9.86. The number of fused-ring (bicyclic) bond motifs is 6. The number of hydrogen-bond donors (Lipinski definition) is 6. The third-order valence-corrected chi connectivity index (χ3v) is 9.06. The van der Waals surface area contributed by atoms with Crippen LogP contribution in [0.1, 0.15) is 35.1 Å². The number of aliphatic carboxylic acids is 1. The van der Waals surface area contributed by atoms with Gasteiger partial charge in [0.05, 0.1) is 19.6 Å². The molecule has 0 aromatic heterocycles. The quantitative estimate of drug-likeness (QED) is 0.0961. The zero-order valence-corrected chi connectivity index (χ0v) is 26.2. The normalized spacial score (nSPS) is 28.9. The number of methoxy groups -OCH3 is 1. The van der Waals surface area contributed by atoms with E-state index in [1.807, 2.05) is 18.3 Å². The van der Waals surface area contributed by atoms with E-state index in [-0.39, 0.29) is 18.3 Å². The molecule has 1 fully saturated rings. The zero-order chi connectivity index (χ0) is 34.4. The number of carboxylic acid groups (broad SMARTS) is 1. The maximum atomic E-state index is 11.8. The first-order chi connectivity index (χ1) is 23.6. The molecule has 0 saturated carbocycles. The SMILES string of the molecule is COc1c(OCO)ccc2c1OC1c3c(C[NH+]4C=C5N=CC=C5C4)cc(OC4OC(COC(=O)CC(=O)O)C(O)C(O)C4O)cc3OCC21. The van der Waals surface area contributed by atoms with E-state index in [4.69, 9.17) is 38.3 Å². The molecule has 8 unspecified atom stereocenters. The average Bonchev–Trinajstić information content (AvgIpc) is 3.77. The predicted octanol–water partition coefficient (Wildman–Crippen LogP) is -0.911. The van der Waals surface area contributed by atoms with Gasteiger partial charge in [-0.2, -0.15) is 0 Å². The average molecular weight is 684 g/mol. The van der Waals surface area contributed by atoms with Gasteiger partial charge < -0.3 is 58.7 Å². The van der Waals surface area contributed by atoms with Crippen molar-refractivity contribution in [1.82, 2.24) is 0 Å². The van der Waals surface area contributed by atoms with Gasteiger partial charge in [0, 0.05) is 34.5 Å². The number of aliphatic hydroxyl groups excluding tert-OH is 4. The maximum absolute atomic E-state index is 11.8. The molecule has 6 N–H and O–H groups in total. The summed E-state index contributed by atoms with van der Waals surface area (Å²) in [5.41, 5.74) is 4.43. The summed E-state index contributed by atoms with van der Waals surface area (Å²) in [5.74, 6) is -0.816. The van der Waals surface area contributed by atoms with Crippen molar-refractivity contribution in [2.24, 2.45) is 4.99 Å². The van der Waals surface area contributed by atoms with Gasteiger partial charge in [-0.15, -0.1) is 0 Å². The summed E-state index contributed by atoms with van der Waals surface area (Å²) in [6, 6.07) is 6.95. The van der Waals surface area contributed by atoms with Crippen LogP contribution in [0.2, 0.25) is 0 Å².